The number of rotatable bonds is 5. The molecule has 5 nitrogen and oxygen atoms in total. The van der Waals surface area contributed by atoms with Crippen molar-refractivity contribution < 1.29 is 14.6 Å². The Bertz CT molecular complexity index is 350. The summed E-state index contributed by atoms with van der Waals surface area (Å²) in [6, 6.07) is 0.357. The summed E-state index contributed by atoms with van der Waals surface area (Å²) in [5.74, 6) is 0.986. The summed E-state index contributed by atoms with van der Waals surface area (Å²) in [6.07, 6.45) is 1.42. The summed E-state index contributed by atoms with van der Waals surface area (Å²) in [5.41, 5.74) is -0.452. The first-order valence-corrected chi connectivity index (χ1v) is 8.48. The lowest BCUT2D eigenvalue weighted by Crippen LogP contribution is -2.53. The Hall–Kier alpha value is -0.810. The number of ether oxygens (including phenoxy) is 1. The number of nitrogens with one attached hydrogen (secondary N) is 1. The molecule has 0 aliphatic carbocycles. The van der Waals surface area contributed by atoms with Crippen molar-refractivity contribution in [2.24, 2.45) is 11.8 Å². The molecule has 0 spiro atoms. The van der Waals surface area contributed by atoms with Crippen molar-refractivity contribution in [3.05, 3.63) is 0 Å². The highest BCUT2D eigenvalue weighted by atomic mass is 16.6. The van der Waals surface area contributed by atoms with Crippen LogP contribution in [-0.4, -0.2) is 53.5 Å². The third kappa shape index (κ3) is 6.97. The van der Waals surface area contributed by atoms with Gasteiger partial charge < -0.3 is 20.1 Å². The zero-order chi connectivity index (χ0) is 16.9. The van der Waals surface area contributed by atoms with Gasteiger partial charge in [0.05, 0.1) is 6.10 Å². The normalized spacial score (nSPS) is 24.5. The maximum absolute atomic E-state index is 12.3. The molecular weight excluding hydrogens is 280 g/mol. The Morgan fingerprint density at radius 1 is 1.36 bits per heavy atom. The summed E-state index contributed by atoms with van der Waals surface area (Å²) in [4.78, 5) is 14.1. The van der Waals surface area contributed by atoms with Crippen LogP contribution >= 0.6 is 0 Å². The molecule has 1 fully saturated rings. The Balaban J connectivity index is 2.64. The van der Waals surface area contributed by atoms with Crippen LogP contribution in [0.5, 0.6) is 0 Å². The predicted octanol–water partition coefficient (Wildman–Crippen LogP) is 2.63. The molecule has 1 saturated heterocycles. The van der Waals surface area contributed by atoms with E-state index in [1.165, 1.54) is 0 Å². The van der Waals surface area contributed by atoms with Crippen molar-refractivity contribution in [1.29, 1.82) is 0 Å². The number of amides is 1. The fourth-order valence-corrected chi connectivity index (χ4v) is 2.96. The maximum atomic E-state index is 12.3. The maximum Gasteiger partial charge on any atom is 0.410 e. The van der Waals surface area contributed by atoms with Crippen molar-refractivity contribution in [2.75, 3.05) is 19.6 Å². The lowest BCUT2D eigenvalue weighted by Gasteiger charge is -2.40. The number of aliphatic hydroxyl groups is 1. The molecule has 0 aromatic rings. The smallest absolute Gasteiger partial charge is 0.410 e. The van der Waals surface area contributed by atoms with Crippen LogP contribution in [0.4, 0.5) is 4.79 Å². The molecule has 1 amide bonds. The summed E-state index contributed by atoms with van der Waals surface area (Å²) < 4.78 is 5.49. The van der Waals surface area contributed by atoms with Gasteiger partial charge in [-0.2, -0.15) is 0 Å². The minimum atomic E-state index is -0.452. The summed E-state index contributed by atoms with van der Waals surface area (Å²) in [6.45, 7) is 13.9. The second-order valence-corrected chi connectivity index (χ2v) is 7.97. The lowest BCUT2D eigenvalue weighted by molar-refractivity contribution is 0.0110. The molecule has 5 heteroatoms. The van der Waals surface area contributed by atoms with Crippen LogP contribution < -0.4 is 5.32 Å². The van der Waals surface area contributed by atoms with Gasteiger partial charge in [-0.15, -0.1) is 0 Å². The number of hydrogen-bond acceptors (Lipinski definition) is 4. The van der Waals surface area contributed by atoms with E-state index >= 15 is 0 Å². The first-order valence-electron chi connectivity index (χ1n) is 8.48. The van der Waals surface area contributed by atoms with Gasteiger partial charge in [0.2, 0.25) is 0 Å². The molecule has 0 aromatic heterocycles. The topological polar surface area (TPSA) is 61.8 Å². The Kier molecular flexibility index (Phi) is 7.13. The fourth-order valence-electron chi connectivity index (χ4n) is 2.96. The van der Waals surface area contributed by atoms with E-state index < -0.39 is 5.60 Å². The number of aliphatic hydroxyl groups excluding tert-OH is 1. The van der Waals surface area contributed by atoms with Gasteiger partial charge in [0.25, 0.3) is 0 Å². The minimum Gasteiger partial charge on any atom is -0.444 e. The molecule has 1 aliphatic rings. The van der Waals surface area contributed by atoms with E-state index in [0.717, 1.165) is 19.4 Å². The summed E-state index contributed by atoms with van der Waals surface area (Å²) >= 11 is 0. The number of hydrogen-bond donors (Lipinski definition) is 2. The van der Waals surface area contributed by atoms with Crippen LogP contribution in [-0.2, 0) is 4.74 Å². The van der Waals surface area contributed by atoms with E-state index in [1.54, 1.807) is 6.92 Å². The molecule has 3 atom stereocenters. The first kappa shape index (κ1) is 19.2. The van der Waals surface area contributed by atoms with Crippen LogP contribution in [0.2, 0.25) is 0 Å². The highest BCUT2D eigenvalue weighted by Crippen LogP contribution is 2.25. The lowest BCUT2D eigenvalue weighted by atomic mass is 9.85. The van der Waals surface area contributed by atoms with Crippen LogP contribution in [0.3, 0.4) is 0 Å². The molecule has 1 aliphatic heterocycles. The Labute approximate surface area is 135 Å². The molecule has 2 unspecified atom stereocenters. The Morgan fingerprint density at radius 2 is 2.00 bits per heavy atom. The fraction of sp³-hybridized carbons (Fsp3) is 0.941. The van der Waals surface area contributed by atoms with E-state index in [9.17, 15) is 9.90 Å². The second kappa shape index (κ2) is 8.16. The molecule has 22 heavy (non-hydrogen) atoms. The van der Waals surface area contributed by atoms with E-state index in [0.29, 0.717) is 31.0 Å². The van der Waals surface area contributed by atoms with Crippen LogP contribution in [0, 0.1) is 11.8 Å². The van der Waals surface area contributed by atoms with Gasteiger partial charge in [-0.25, -0.2) is 4.79 Å². The largest absolute Gasteiger partial charge is 0.444 e. The van der Waals surface area contributed by atoms with E-state index in [2.05, 4.69) is 19.2 Å². The van der Waals surface area contributed by atoms with Crippen molar-refractivity contribution >= 4 is 6.09 Å². The van der Waals surface area contributed by atoms with Crippen LogP contribution in [0.25, 0.3) is 0 Å². The molecule has 0 bridgehead atoms. The molecule has 0 saturated carbocycles. The molecule has 0 radical (unpaired) electrons. The summed E-state index contributed by atoms with van der Waals surface area (Å²) in [5, 5.41) is 12.9. The van der Waals surface area contributed by atoms with Gasteiger partial charge in [0, 0.05) is 25.7 Å². The van der Waals surface area contributed by atoms with Crippen molar-refractivity contribution in [3.8, 4) is 0 Å². The van der Waals surface area contributed by atoms with Crippen LogP contribution in [0.1, 0.15) is 54.4 Å². The third-order valence-electron chi connectivity index (χ3n) is 3.84. The zero-order valence-corrected chi connectivity index (χ0v) is 15.1. The standard InChI is InChI=1S/C17H34N2O3/c1-12(2)9-14-11-19(16(21)22-17(4,5)6)8-7-15(14)18-10-13(3)20/h12-15,18,20H,7-11H2,1-6H3/t13-,14?,15?/m1/s1. The number of nitrogens with zero attached hydrogens (tertiary/aromatic N) is 1. The monoisotopic (exact) mass is 314 g/mol. The van der Waals surface area contributed by atoms with E-state index in [4.69, 9.17) is 4.74 Å². The molecule has 0 aromatic carbocycles. The SMILES string of the molecule is CC(C)CC1CN(C(=O)OC(C)(C)C)CCC1NC[C@@H](C)O. The molecule has 1 rings (SSSR count). The van der Waals surface area contributed by atoms with Crippen LogP contribution in [0.15, 0.2) is 0 Å². The molecule has 1 heterocycles. The number of likely N-dealkylation sites (tertiary alicyclic amines) is 1. The van der Waals surface area contributed by atoms with Gasteiger partial charge in [-0.05, 0) is 52.4 Å². The van der Waals surface area contributed by atoms with E-state index in [-0.39, 0.29) is 12.2 Å². The van der Waals surface area contributed by atoms with Gasteiger partial charge in [0.1, 0.15) is 5.60 Å². The van der Waals surface area contributed by atoms with Crippen molar-refractivity contribution in [2.45, 2.75) is 72.1 Å². The van der Waals surface area contributed by atoms with E-state index in [1.807, 2.05) is 25.7 Å². The predicted molar refractivity (Wildman–Crippen MR) is 88.8 cm³/mol. The average Bonchev–Trinajstić information content (AvgIpc) is 2.34. The molecule has 130 valence electrons. The molecular formula is C17H34N2O3. The third-order valence-corrected chi connectivity index (χ3v) is 3.84. The highest BCUT2D eigenvalue weighted by molar-refractivity contribution is 5.68. The number of piperidine rings is 1. The van der Waals surface area contributed by atoms with Gasteiger partial charge in [-0.1, -0.05) is 13.8 Å². The van der Waals surface area contributed by atoms with Crippen molar-refractivity contribution in [3.63, 3.8) is 0 Å². The van der Waals surface area contributed by atoms with Gasteiger partial charge in [0.15, 0.2) is 0 Å². The Morgan fingerprint density at radius 3 is 2.50 bits per heavy atom. The zero-order valence-electron chi connectivity index (χ0n) is 15.1. The summed E-state index contributed by atoms with van der Waals surface area (Å²) in [7, 11) is 0. The van der Waals surface area contributed by atoms with Crippen molar-refractivity contribution in [1.82, 2.24) is 10.2 Å². The van der Waals surface area contributed by atoms with Gasteiger partial charge in [-0.3, -0.25) is 0 Å². The highest BCUT2D eigenvalue weighted by Gasteiger charge is 2.33. The van der Waals surface area contributed by atoms with Gasteiger partial charge >= 0.3 is 6.09 Å². The second-order valence-electron chi connectivity index (χ2n) is 7.97. The molecule has 2 N–H and O–H groups in total. The number of carbonyl (C=O) groups is 1. The average molecular weight is 314 g/mol. The quantitative estimate of drug-likeness (QED) is 0.819. The minimum absolute atomic E-state index is 0.213. The number of carbonyl (C=O) groups excluding carboxylic acids is 1. The first-order chi connectivity index (χ1) is 10.1.